The van der Waals surface area contributed by atoms with Gasteiger partial charge in [0.2, 0.25) is 5.91 Å². The Hall–Kier alpha value is -3.83. The van der Waals surface area contributed by atoms with Crippen LogP contribution in [-0.4, -0.2) is 5.91 Å². The Morgan fingerprint density at radius 3 is 2.14 bits per heavy atom. The summed E-state index contributed by atoms with van der Waals surface area (Å²) in [5.74, 6) is 6.26. The molecule has 1 N–H and O–H groups in total. The fourth-order valence-electron chi connectivity index (χ4n) is 3.33. The highest BCUT2D eigenvalue weighted by molar-refractivity contribution is 6.07. The van der Waals surface area contributed by atoms with Gasteiger partial charge in [0.25, 0.3) is 0 Å². The van der Waals surface area contributed by atoms with Crippen LogP contribution in [0.3, 0.4) is 0 Å². The molecule has 0 heterocycles. The third-order valence-electron chi connectivity index (χ3n) is 5.07. The van der Waals surface area contributed by atoms with Gasteiger partial charge in [0.15, 0.2) is 0 Å². The second kappa shape index (κ2) is 8.04. The van der Waals surface area contributed by atoms with E-state index in [1.54, 1.807) is 0 Å². The number of hydrogen-bond donors (Lipinski definition) is 1. The number of carbonyl (C=O) groups is 1. The third-order valence-corrected chi connectivity index (χ3v) is 5.07. The van der Waals surface area contributed by atoms with Crippen LogP contribution in [0.15, 0.2) is 103 Å². The smallest absolute Gasteiger partial charge is 0.246 e. The van der Waals surface area contributed by atoms with E-state index in [1.807, 2.05) is 110 Å². The van der Waals surface area contributed by atoms with Gasteiger partial charge in [-0.15, -0.1) is 0 Å². The molecule has 29 heavy (non-hydrogen) atoms. The van der Waals surface area contributed by atoms with Crippen LogP contribution < -0.4 is 5.32 Å². The molecule has 0 radical (unpaired) electrons. The molecule has 0 saturated heterocycles. The van der Waals surface area contributed by atoms with Gasteiger partial charge in [0.1, 0.15) is 5.41 Å². The molecule has 0 saturated carbocycles. The van der Waals surface area contributed by atoms with Gasteiger partial charge in [-0.05, 0) is 36.1 Å². The highest BCUT2D eigenvalue weighted by Crippen LogP contribution is 2.28. The van der Waals surface area contributed by atoms with Crippen LogP contribution in [0.2, 0.25) is 0 Å². The summed E-state index contributed by atoms with van der Waals surface area (Å²) in [4.78, 5) is 13.5. The minimum atomic E-state index is -0.992. The molecule has 2 nitrogen and oxygen atoms in total. The highest BCUT2D eigenvalue weighted by atomic mass is 16.2. The first-order valence-electron chi connectivity index (χ1n) is 9.60. The van der Waals surface area contributed by atoms with Gasteiger partial charge >= 0.3 is 0 Å². The quantitative estimate of drug-likeness (QED) is 0.451. The largest absolute Gasteiger partial charge is 0.324 e. The van der Waals surface area contributed by atoms with E-state index < -0.39 is 5.41 Å². The zero-order chi connectivity index (χ0) is 20.1. The molecule has 4 aromatic carbocycles. The number of fused-ring (bicyclic) bond motifs is 1. The molecule has 0 unspecified atom stereocenters. The lowest BCUT2D eigenvalue weighted by Crippen LogP contribution is -2.36. The molecule has 1 atom stereocenters. The van der Waals surface area contributed by atoms with Crippen LogP contribution >= 0.6 is 0 Å². The van der Waals surface area contributed by atoms with Crippen molar-refractivity contribution >= 4 is 22.4 Å². The molecular formula is C27H21NO. The van der Waals surface area contributed by atoms with E-state index in [0.29, 0.717) is 0 Å². The number of benzene rings is 4. The van der Waals surface area contributed by atoms with Gasteiger partial charge < -0.3 is 5.32 Å². The Morgan fingerprint density at radius 1 is 0.759 bits per heavy atom. The maximum Gasteiger partial charge on any atom is 0.246 e. The fraction of sp³-hybridized carbons (Fsp3) is 0.0741. The normalized spacial score (nSPS) is 12.4. The lowest BCUT2D eigenvalue weighted by Gasteiger charge is -2.24. The van der Waals surface area contributed by atoms with Gasteiger partial charge in [-0.25, -0.2) is 0 Å². The zero-order valence-corrected chi connectivity index (χ0v) is 16.2. The number of amides is 1. The number of hydrogen-bond acceptors (Lipinski definition) is 1. The summed E-state index contributed by atoms with van der Waals surface area (Å²) in [6.45, 7) is 1.87. The zero-order valence-electron chi connectivity index (χ0n) is 16.2. The van der Waals surface area contributed by atoms with Crippen LogP contribution in [0, 0.1) is 11.8 Å². The van der Waals surface area contributed by atoms with E-state index in [4.69, 9.17) is 0 Å². The van der Waals surface area contributed by atoms with Crippen molar-refractivity contribution in [1.29, 1.82) is 0 Å². The van der Waals surface area contributed by atoms with Crippen LogP contribution in [0.25, 0.3) is 10.8 Å². The first-order chi connectivity index (χ1) is 14.2. The van der Waals surface area contributed by atoms with Crippen molar-refractivity contribution < 1.29 is 4.79 Å². The number of anilines is 1. The fourth-order valence-corrected chi connectivity index (χ4v) is 3.33. The Bertz CT molecular complexity index is 1200. The lowest BCUT2D eigenvalue weighted by atomic mass is 9.81. The summed E-state index contributed by atoms with van der Waals surface area (Å²) in [7, 11) is 0. The Labute approximate surface area is 171 Å². The molecule has 0 bridgehead atoms. The van der Waals surface area contributed by atoms with Crippen molar-refractivity contribution in [1.82, 2.24) is 0 Å². The van der Waals surface area contributed by atoms with Gasteiger partial charge in [0, 0.05) is 16.6 Å². The Kier molecular flexibility index (Phi) is 5.14. The maximum atomic E-state index is 13.5. The summed E-state index contributed by atoms with van der Waals surface area (Å²) in [6, 6.07) is 33.4. The molecule has 0 aliphatic heterocycles. The summed E-state index contributed by atoms with van der Waals surface area (Å²) in [5, 5.41) is 5.21. The second-order valence-corrected chi connectivity index (χ2v) is 7.09. The van der Waals surface area contributed by atoms with Crippen LogP contribution in [0.1, 0.15) is 18.1 Å². The average molecular weight is 375 g/mol. The Morgan fingerprint density at radius 2 is 1.38 bits per heavy atom. The second-order valence-electron chi connectivity index (χ2n) is 7.09. The third kappa shape index (κ3) is 3.90. The summed E-state index contributed by atoms with van der Waals surface area (Å²) < 4.78 is 0. The Balaban J connectivity index is 1.75. The molecule has 0 aliphatic carbocycles. The minimum absolute atomic E-state index is 0.150. The monoisotopic (exact) mass is 375 g/mol. The van der Waals surface area contributed by atoms with E-state index in [-0.39, 0.29) is 5.91 Å². The van der Waals surface area contributed by atoms with E-state index in [0.717, 1.165) is 27.6 Å². The van der Waals surface area contributed by atoms with E-state index in [1.165, 1.54) is 0 Å². The summed E-state index contributed by atoms with van der Waals surface area (Å²) in [5.41, 5.74) is 1.54. The molecule has 0 spiro atoms. The number of nitrogens with one attached hydrogen (secondary N) is 1. The molecule has 0 aliphatic rings. The number of carbonyl (C=O) groups excluding carboxylic acids is 1. The van der Waals surface area contributed by atoms with E-state index >= 15 is 0 Å². The molecule has 0 fully saturated rings. The SMILES string of the molecule is C[C@](C#Cc1ccccc1)(C(=O)Nc1cccc2ccccc12)c1ccccc1. The van der Waals surface area contributed by atoms with Crippen LogP contribution in [0.5, 0.6) is 0 Å². The highest BCUT2D eigenvalue weighted by Gasteiger charge is 2.33. The average Bonchev–Trinajstić information content (AvgIpc) is 2.79. The molecule has 0 aromatic heterocycles. The first kappa shape index (κ1) is 18.5. The molecular weight excluding hydrogens is 354 g/mol. The van der Waals surface area contributed by atoms with Crippen molar-refractivity contribution in [3.05, 3.63) is 114 Å². The minimum Gasteiger partial charge on any atom is -0.324 e. The van der Waals surface area contributed by atoms with Gasteiger partial charge in [-0.3, -0.25) is 4.79 Å². The van der Waals surface area contributed by atoms with Crippen molar-refractivity contribution in [3.8, 4) is 11.8 Å². The molecule has 4 aromatic rings. The first-order valence-corrected chi connectivity index (χ1v) is 9.60. The molecule has 1 amide bonds. The van der Waals surface area contributed by atoms with E-state index in [9.17, 15) is 4.79 Å². The van der Waals surface area contributed by atoms with Crippen molar-refractivity contribution in [2.75, 3.05) is 5.32 Å². The molecule has 4 rings (SSSR count). The van der Waals surface area contributed by atoms with Gasteiger partial charge in [-0.1, -0.05) is 96.8 Å². The molecule has 2 heteroatoms. The lowest BCUT2D eigenvalue weighted by molar-refractivity contribution is -0.119. The predicted octanol–water partition coefficient (Wildman–Crippen LogP) is 5.79. The van der Waals surface area contributed by atoms with Gasteiger partial charge in [-0.2, -0.15) is 0 Å². The maximum absolute atomic E-state index is 13.5. The van der Waals surface area contributed by atoms with Gasteiger partial charge in [0.05, 0.1) is 0 Å². The summed E-state index contributed by atoms with van der Waals surface area (Å²) >= 11 is 0. The van der Waals surface area contributed by atoms with E-state index in [2.05, 4.69) is 17.2 Å². The van der Waals surface area contributed by atoms with Crippen molar-refractivity contribution in [3.63, 3.8) is 0 Å². The predicted molar refractivity (Wildman–Crippen MR) is 120 cm³/mol. The standard InChI is InChI=1S/C27H21NO/c1-27(23-15-6-3-7-16-23,20-19-21-11-4-2-5-12-21)26(29)28-25-18-10-14-22-13-8-9-17-24(22)25/h2-18H,1H3,(H,28,29)/t27-/m1/s1. The van der Waals surface area contributed by atoms with Crippen molar-refractivity contribution in [2.45, 2.75) is 12.3 Å². The summed E-state index contributed by atoms with van der Waals surface area (Å²) in [6.07, 6.45) is 0. The topological polar surface area (TPSA) is 29.1 Å². The molecule has 140 valence electrons. The van der Waals surface area contributed by atoms with Crippen molar-refractivity contribution in [2.24, 2.45) is 0 Å². The van der Waals surface area contributed by atoms with Crippen LogP contribution in [0.4, 0.5) is 5.69 Å². The van der Waals surface area contributed by atoms with Crippen LogP contribution in [-0.2, 0) is 10.2 Å². The number of rotatable bonds is 3.